The highest BCUT2D eigenvalue weighted by Crippen LogP contribution is 2.33. The Balaban J connectivity index is 1.41. The lowest BCUT2D eigenvalue weighted by Crippen LogP contribution is -2.41. The van der Waals surface area contributed by atoms with E-state index in [4.69, 9.17) is 9.15 Å². The molecule has 0 aliphatic carbocycles. The second kappa shape index (κ2) is 6.20. The van der Waals surface area contributed by atoms with Crippen molar-refractivity contribution < 1.29 is 23.5 Å². The van der Waals surface area contributed by atoms with Crippen LogP contribution < -0.4 is 10.1 Å². The predicted octanol–water partition coefficient (Wildman–Crippen LogP) is 3.02. The van der Waals surface area contributed by atoms with Gasteiger partial charge in [0.25, 0.3) is 5.91 Å². The number of rotatable bonds is 4. The standard InChI is InChI=1S/C22H18N2O5/c1-22(19-11-14-4-2-3-5-18(14)29-19)20(26)24(21(27)23-22)12-16(25)13-6-7-17-15(10-13)8-9-28-17/h2-7,10-11H,8-9,12H2,1H3,(H,23,27). The van der Waals surface area contributed by atoms with Crippen LogP contribution in [0.3, 0.4) is 0 Å². The first-order valence-electron chi connectivity index (χ1n) is 9.38. The van der Waals surface area contributed by atoms with Crippen LogP contribution in [0.5, 0.6) is 5.75 Å². The first-order valence-corrected chi connectivity index (χ1v) is 9.38. The van der Waals surface area contributed by atoms with E-state index in [2.05, 4.69) is 5.32 Å². The maximum Gasteiger partial charge on any atom is 0.325 e. The summed E-state index contributed by atoms with van der Waals surface area (Å²) in [5.74, 6) is 0.284. The molecule has 1 unspecified atom stereocenters. The van der Waals surface area contributed by atoms with E-state index >= 15 is 0 Å². The van der Waals surface area contributed by atoms with Crippen molar-refractivity contribution >= 4 is 28.7 Å². The van der Waals surface area contributed by atoms with Gasteiger partial charge in [0, 0.05) is 17.4 Å². The number of carbonyl (C=O) groups excluding carboxylic acids is 3. The third-order valence-corrected chi connectivity index (χ3v) is 5.51. The Hall–Kier alpha value is -3.61. The fourth-order valence-corrected chi connectivity index (χ4v) is 3.83. The molecule has 0 spiro atoms. The van der Waals surface area contributed by atoms with Gasteiger partial charge in [0.2, 0.25) is 0 Å². The second-order valence-corrected chi connectivity index (χ2v) is 7.44. The first-order chi connectivity index (χ1) is 14.0. The summed E-state index contributed by atoms with van der Waals surface area (Å²) in [6.45, 7) is 1.85. The Kier molecular flexibility index (Phi) is 3.74. The minimum atomic E-state index is -1.36. The number of Topliss-reactive ketones (excluding diaryl/α,β-unsaturated/α-hetero) is 1. The van der Waals surface area contributed by atoms with Crippen LogP contribution in [0.4, 0.5) is 4.79 Å². The molecule has 29 heavy (non-hydrogen) atoms. The number of imide groups is 1. The minimum absolute atomic E-state index is 0.308. The van der Waals surface area contributed by atoms with Gasteiger partial charge in [-0.3, -0.25) is 14.5 Å². The Morgan fingerprint density at radius 2 is 2.00 bits per heavy atom. The van der Waals surface area contributed by atoms with Gasteiger partial charge in [0.1, 0.15) is 17.1 Å². The second-order valence-electron chi connectivity index (χ2n) is 7.44. The maximum absolute atomic E-state index is 13.1. The molecule has 2 aromatic carbocycles. The van der Waals surface area contributed by atoms with E-state index in [0.29, 0.717) is 23.5 Å². The SMILES string of the molecule is CC1(c2cc3ccccc3o2)NC(=O)N(CC(=O)c2ccc3c(c2)CCO3)C1=O. The molecule has 3 aromatic rings. The average molecular weight is 390 g/mol. The van der Waals surface area contributed by atoms with Gasteiger partial charge in [0.05, 0.1) is 13.2 Å². The van der Waals surface area contributed by atoms with Gasteiger partial charge in [-0.15, -0.1) is 0 Å². The highest BCUT2D eigenvalue weighted by molar-refractivity contribution is 6.11. The number of nitrogens with zero attached hydrogens (tertiary/aromatic N) is 1. The van der Waals surface area contributed by atoms with Crippen molar-refractivity contribution in [2.45, 2.75) is 18.9 Å². The zero-order chi connectivity index (χ0) is 20.2. The van der Waals surface area contributed by atoms with Crippen LogP contribution in [0.25, 0.3) is 11.0 Å². The third-order valence-electron chi connectivity index (χ3n) is 5.51. The van der Waals surface area contributed by atoms with Gasteiger partial charge in [-0.05, 0) is 42.8 Å². The van der Waals surface area contributed by atoms with Gasteiger partial charge in [-0.2, -0.15) is 0 Å². The van der Waals surface area contributed by atoms with Crippen molar-refractivity contribution in [3.8, 4) is 5.75 Å². The molecule has 146 valence electrons. The van der Waals surface area contributed by atoms with Crippen LogP contribution in [0.2, 0.25) is 0 Å². The molecule has 0 radical (unpaired) electrons. The molecule has 1 saturated heterocycles. The van der Waals surface area contributed by atoms with Gasteiger partial charge >= 0.3 is 6.03 Å². The molecule has 0 saturated carbocycles. The number of ketones is 1. The van der Waals surface area contributed by atoms with E-state index in [0.717, 1.165) is 28.0 Å². The lowest BCUT2D eigenvalue weighted by molar-refractivity contribution is -0.131. The number of urea groups is 1. The van der Waals surface area contributed by atoms with Crippen molar-refractivity contribution in [2.24, 2.45) is 0 Å². The molecular formula is C22H18N2O5. The highest BCUT2D eigenvalue weighted by Gasteiger charge is 2.51. The Morgan fingerprint density at radius 3 is 2.83 bits per heavy atom. The summed E-state index contributed by atoms with van der Waals surface area (Å²) in [5, 5.41) is 3.51. The van der Waals surface area contributed by atoms with E-state index in [1.807, 2.05) is 18.2 Å². The summed E-state index contributed by atoms with van der Waals surface area (Å²) in [4.78, 5) is 39.3. The third kappa shape index (κ3) is 2.69. The monoisotopic (exact) mass is 390 g/mol. The first kappa shape index (κ1) is 17.5. The summed E-state index contributed by atoms with van der Waals surface area (Å²) >= 11 is 0. The van der Waals surface area contributed by atoms with Crippen LogP contribution in [-0.4, -0.2) is 35.8 Å². The number of furan rings is 1. The lowest BCUT2D eigenvalue weighted by atomic mass is 9.98. The summed E-state index contributed by atoms with van der Waals surface area (Å²) in [7, 11) is 0. The molecule has 0 bridgehead atoms. The van der Waals surface area contributed by atoms with E-state index < -0.39 is 17.5 Å². The highest BCUT2D eigenvalue weighted by atomic mass is 16.5. The number of para-hydroxylation sites is 1. The van der Waals surface area contributed by atoms with Crippen LogP contribution in [0, 0.1) is 0 Å². The van der Waals surface area contributed by atoms with Crippen LogP contribution in [-0.2, 0) is 16.8 Å². The fourth-order valence-electron chi connectivity index (χ4n) is 3.83. The number of nitrogens with one attached hydrogen (secondary N) is 1. The molecule has 7 heteroatoms. The zero-order valence-corrected chi connectivity index (χ0v) is 15.7. The Morgan fingerprint density at radius 1 is 1.17 bits per heavy atom. The van der Waals surface area contributed by atoms with Gasteiger partial charge in [0.15, 0.2) is 11.3 Å². The molecule has 7 nitrogen and oxygen atoms in total. The molecular weight excluding hydrogens is 372 g/mol. The maximum atomic E-state index is 13.1. The Labute approximate surface area is 166 Å². The van der Waals surface area contributed by atoms with E-state index in [9.17, 15) is 14.4 Å². The number of fused-ring (bicyclic) bond motifs is 2. The van der Waals surface area contributed by atoms with Gasteiger partial charge < -0.3 is 14.5 Å². The summed E-state index contributed by atoms with van der Waals surface area (Å²) in [6.07, 6.45) is 0.740. The number of hydrogen-bond donors (Lipinski definition) is 1. The van der Waals surface area contributed by atoms with Crippen LogP contribution in [0.1, 0.15) is 28.6 Å². The van der Waals surface area contributed by atoms with Crippen LogP contribution >= 0.6 is 0 Å². The van der Waals surface area contributed by atoms with E-state index in [-0.39, 0.29) is 12.3 Å². The number of amides is 3. The largest absolute Gasteiger partial charge is 0.493 e. The lowest BCUT2D eigenvalue weighted by Gasteiger charge is -2.18. The molecule has 5 rings (SSSR count). The van der Waals surface area contributed by atoms with Gasteiger partial charge in [-0.25, -0.2) is 4.79 Å². The number of benzene rings is 2. The summed E-state index contributed by atoms with van der Waals surface area (Å²) in [5.41, 5.74) is 0.676. The van der Waals surface area contributed by atoms with Crippen molar-refractivity contribution in [1.29, 1.82) is 0 Å². The van der Waals surface area contributed by atoms with Crippen LogP contribution in [0.15, 0.2) is 52.9 Å². The molecule has 3 heterocycles. The minimum Gasteiger partial charge on any atom is -0.493 e. The molecule has 1 aromatic heterocycles. The van der Waals surface area contributed by atoms with E-state index in [1.165, 1.54) is 0 Å². The molecule has 2 aliphatic heterocycles. The molecule has 1 N–H and O–H groups in total. The average Bonchev–Trinajstić information content (AvgIpc) is 3.41. The summed E-state index contributed by atoms with van der Waals surface area (Å²) in [6, 6.07) is 13.7. The molecule has 2 aliphatic rings. The Bertz CT molecular complexity index is 1150. The van der Waals surface area contributed by atoms with Gasteiger partial charge in [-0.1, -0.05) is 18.2 Å². The van der Waals surface area contributed by atoms with Crippen molar-refractivity contribution in [3.05, 3.63) is 65.4 Å². The van der Waals surface area contributed by atoms with Crippen molar-refractivity contribution in [2.75, 3.05) is 13.2 Å². The topological polar surface area (TPSA) is 88.8 Å². The normalized spacial score (nSPS) is 20.7. The molecule has 1 atom stereocenters. The molecule has 3 amide bonds. The number of ether oxygens (including phenoxy) is 1. The van der Waals surface area contributed by atoms with Crippen molar-refractivity contribution in [3.63, 3.8) is 0 Å². The van der Waals surface area contributed by atoms with Crippen molar-refractivity contribution in [1.82, 2.24) is 10.2 Å². The number of hydrogen-bond acceptors (Lipinski definition) is 5. The smallest absolute Gasteiger partial charge is 0.325 e. The summed E-state index contributed by atoms with van der Waals surface area (Å²) < 4.78 is 11.3. The fraction of sp³-hybridized carbons (Fsp3) is 0.227. The molecule has 1 fully saturated rings. The number of carbonyl (C=O) groups is 3. The van der Waals surface area contributed by atoms with E-state index in [1.54, 1.807) is 37.3 Å². The predicted molar refractivity (Wildman–Crippen MR) is 104 cm³/mol. The quantitative estimate of drug-likeness (QED) is 0.546. The zero-order valence-electron chi connectivity index (χ0n) is 15.7.